The Hall–Kier alpha value is -2.37. The van der Waals surface area contributed by atoms with Crippen molar-refractivity contribution in [2.24, 2.45) is 0 Å². The molecule has 0 atom stereocenters. The van der Waals surface area contributed by atoms with Gasteiger partial charge in [0.15, 0.2) is 0 Å². The average molecular weight is 340 g/mol. The molecule has 6 heteroatoms. The van der Waals surface area contributed by atoms with Crippen molar-refractivity contribution in [1.82, 2.24) is 19.6 Å². The smallest absolute Gasteiger partial charge is 0.317 e. The number of pyridine rings is 1. The Morgan fingerprint density at radius 1 is 1.24 bits per heavy atom. The molecule has 2 aromatic rings. The van der Waals surface area contributed by atoms with E-state index in [-0.39, 0.29) is 17.6 Å². The molecule has 0 bridgehead atoms. The number of nitrogens with one attached hydrogen (secondary N) is 1. The maximum absolute atomic E-state index is 12.9. The van der Waals surface area contributed by atoms with E-state index in [1.54, 1.807) is 9.30 Å². The highest BCUT2D eigenvalue weighted by Crippen LogP contribution is 2.19. The van der Waals surface area contributed by atoms with Crippen LogP contribution in [0, 0.1) is 6.92 Å². The lowest BCUT2D eigenvalue weighted by Crippen LogP contribution is -2.48. The van der Waals surface area contributed by atoms with Gasteiger partial charge in [-0.2, -0.15) is 0 Å². The third-order valence-corrected chi connectivity index (χ3v) is 5.41. The molecular formula is C19H24N4O2. The predicted octanol–water partition coefficient (Wildman–Crippen LogP) is 2.40. The van der Waals surface area contributed by atoms with E-state index in [1.807, 2.05) is 25.1 Å². The Morgan fingerprint density at radius 2 is 2.04 bits per heavy atom. The van der Waals surface area contributed by atoms with Crippen LogP contribution in [0.5, 0.6) is 0 Å². The van der Waals surface area contributed by atoms with Crippen LogP contribution in [0.4, 0.5) is 4.79 Å². The second kappa shape index (κ2) is 6.50. The topological polar surface area (TPSA) is 66.7 Å². The molecule has 0 aromatic carbocycles. The Labute approximate surface area is 146 Å². The van der Waals surface area contributed by atoms with Crippen molar-refractivity contribution >= 4 is 11.7 Å². The van der Waals surface area contributed by atoms with E-state index in [0.29, 0.717) is 30.7 Å². The number of aryl methyl sites for hydroxylation is 1. The lowest BCUT2D eigenvalue weighted by molar-refractivity contribution is 0.184. The molecule has 1 aliphatic heterocycles. The number of nitrogens with zero attached hydrogens (tertiary/aromatic N) is 3. The molecule has 1 fully saturated rings. The zero-order valence-corrected chi connectivity index (χ0v) is 14.6. The first-order valence-corrected chi connectivity index (χ1v) is 9.19. The van der Waals surface area contributed by atoms with E-state index in [2.05, 4.69) is 10.3 Å². The second-order valence-corrected chi connectivity index (χ2v) is 7.16. The fourth-order valence-electron chi connectivity index (χ4n) is 3.98. The number of fused-ring (bicyclic) bond motifs is 2. The van der Waals surface area contributed by atoms with Gasteiger partial charge in [0.2, 0.25) is 0 Å². The van der Waals surface area contributed by atoms with E-state index in [0.717, 1.165) is 24.2 Å². The molecular weight excluding hydrogens is 316 g/mol. The largest absolute Gasteiger partial charge is 0.335 e. The highest BCUT2D eigenvalue weighted by Gasteiger charge is 2.26. The van der Waals surface area contributed by atoms with Crippen molar-refractivity contribution in [2.45, 2.75) is 58.0 Å². The molecule has 1 N–H and O–H groups in total. The van der Waals surface area contributed by atoms with Gasteiger partial charge in [0.1, 0.15) is 5.65 Å². The summed E-state index contributed by atoms with van der Waals surface area (Å²) >= 11 is 0. The number of amides is 2. The lowest BCUT2D eigenvalue weighted by Gasteiger charge is -2.31. The molecule has 4 rings (SSSR count). The minimum atomic E-state index is -0.0492. The molecule has 1 saturated carbocycles. The van der Waals surface area contributed by atoms with Crippen LogP contribution < -0.4 is 10.9 Å². The van der Waals surface area contributed by atoms with Crippen LogP contribution in [-0.4, -0.2) is 32.9 Å². The van der Waals surface area contributed by atoms with E-state index >= 15 is 0 Å². The van der Waals surface area contributed by atoms with Crippen molar-refractivity contribution in [3.63, 3.8) is 0 Å². The lowest BCUT2D eigenvalue weighted by atomic mass is 9.96. The molecule has 6 nitrogen and oxygen atoms in total. The SMILES string of the molecule is Cc1cccc2nc3c(c(=O)n12)CN(C(=O)NC1CCCCC1)CC3. The summed E-state index contributed by atoms with van der Waals surface area (Å²) in [6.07, 6.45) is 6.38. The first kappa shape index (κ1) is 16.1. The monoisotopic (exact) mass is 340 g/mol. The van der Waals surface area contributed by atoms with Crippen molar-refractivity contribution in [3.05, 3.63) is 45.5 Å². The number of urea groups is 1. The van der Waals surface area contributed by atoms with Gasteiger partial charge in [-0.3, -0.25) is 9.20 Å². The standard InChI is InChI=1S/C19H24N4O2/c1-13-6-5-9-17-21-16-10-11-22(12-15(16)18(24)23(13)17)19(25)20-14-7-3-2-4-8-14/h5-6,9,14H,2-4,7-8,10-12H2,1H3,(H,20,25). The van der Waals surface area contributed by atoms with Crippen LogP contribution in [0.15, 0.2) is 23.0 Å². The highest BCUT2D eigenvalue weighted by molar-refractivity contribution is 5.75. The fourth-order valence-corrected chi connectivity index (χ4v) is 3.98. The van der Waals surface area contributed by atoms with E-state index in [1.165, 1.54) is 19.3 Å². The van der Waals surface area contributed by atoms with Gasteiger partial charge < -0.3 is 10.2 Å². The summed E-state index contributed by atoms with van der Waals surface area (Å²) in [6.45, 7) is 2.86. The fraction of sp³-hybridized carbons (Fsp3) is 0.526. The molecule has 2 aliphatic rings. The molecule has 3 heterocycles. The third kappa shape index (κ3) is 3.01. The van der Waals surface area contributed by atoms with Gasteiger partial charge in [0, 0.05) is 24.7 Å². The van der Waals surface area contributed by atoms with Gasteiger partial charge in [-0.25, -0.2) is 9.78 Å². The molecule has 2 aromatic heterocycles. The molecule has 2 amide bonds. The van der Waals surface area contributed by atoms with Crippen LogP contribution in [0.2, 0.25) is 0 Å². The Balaban J connectivity index is 1.59. The summed E-state index contributed by atoms with van der Waals surface area (Å²) in [6, 6.07) is 5.90. The number of carbonyl (C=O) groups excluding carboxylic acids is 1. The summed E-state index contributed by atoms with van der Waals surface area (Å²) < 4.78 is 1.64. The van der Waals surface area contributed by atoms with Gasteiger partial charge in [-0.05, 0) is 31.9 Å². The number of carbonyl (C=O) groups is 1. The molecule has 0 radical (unpaired) electrons. The number of hydrogen-bond donors (Lipinski definition) is 1. The zero-order valence-electron chi connectivity index (χ0n) is 14.6. The maximum Gasteiger partial charge on any atom is 0.317 e. The number of aromatic nitrogens is 2. The summed E-state index contributed by atoms with van der Waals surface area (Å²) in [5.41, 5.74) is 2.98. The summed E-state index contributed by atoms with van der Waals surface area (Å²) in [5, 5.41) is 3.15. The molecule has 0 unspecified atom stereocenters. The van der Waals surface area contributed by atoms with Crippen LogP contribution in [0.3, 0.4) is 0 Å². The third-order valence-electron chi connectivity index (χ3n) is 5.41. The first-order valence-electron chi connectivity index (χ1n) is 9.19. The van der Waals surface area contributed by atoms with Gasteiger partial charge in [-0.15, -0.1) is 0 Å². The number of hydrogen-bond acceptors (Lipinski definition) is 3. The highest BCUT2D eigenvalue weighted by atomic mass is 16.2. The van der Waals surface area contributed by atoms with Crippen LogP contribution in [-0.2, 0) is 13.0 Å². The predicted molar refractivity (Wildman–Crippen MR) is 95.7 cm³/mol. The Morgan fingerprint density at radius 3 is 2.84 bits per heavy atom. The Kier molecular flexibility index (Phi) is 4.19. The van der Waals surface area contributed by atoms with Crippen molar-refractivity contribution in [3.8, 4) is 0 Å². The van der Waals surface area contributed by atoms with E-state index < -0.39 is 0 Å². The van der Waals surface area contributed by atoms with Gasteiger partial charge >= 0.3 is 6.03 Å². The van der Waals surface area contributed by atoms with Gasteiger partial charge in [-0.1, -0.05) is 25.3 Å². The van der Waals surface area contributed by atoms with Crippen molar-refractivity contribution in [1.29, 1.82) is 0 Å². The van der Waals surface area contributed by atoms with Gasteiger partial charge in [0.05, 0.1) is 17.8 Å². The average Bonchev–Trinajstić information content (AvgIpc) is 2.62. The minimum Gasteiger partial charge on any atom is -0.335 e. The summed E-state index contributed by atoms with van der Waals surface area (Å²) in [5.74, 6) is 0. The molecule has 1 aliphatic carbocycles. The second-order valence-electron chi connectivity index (χ2n) is 7.16. The van der Waals surface area contributed by atoms with Crippen LogP contribution >= 0.6 is 0 Å². The van der Waals surface area contributed by atoms with E-state index in [9.17, 15) is 9.59 Å². The Bertz CT molecular complexity index is 868. The first-order chi connectivity index (χ1) is 12.1. The molecule has 132 valence electrons. The minimum absolute atomic E-state index is 0.0479. The normalized spacial score (nSPS) is 18.2. The molecule has 0 saturated heterocycles. The summed E-state index contributed by atoms with van der Waals surface area (Å²) in [7, 11) is 0. The molecule has 25 heavy (non-hydrogen) atoms. The van der Waals surface area contributed by atoms with E-state index in [4.69, 9.17) is 0 Å². The van der Waals surface area contributed by atoms with Gasteiger partial charge in [0.25, 0.3) is 5.56 Å². The number of rotatable bonds is 1. The summed E-state index contributed by atoms with van der Waals surface area (Å²) in [4.78, 5) is 31.9. The quantitative estimate of drug-likeness (QED) is 0.867. The zero-order chi connectivity index (χ0) is 17.4. The maximum atomic E-state index is 12.9. The van der Waals surface area contributed by atoms with Crippen LogP contribution in [0.1, 0.15) is 49.1 Å². The van der Waals surface area contributed by atoms with Crippen molar-refractivity contribution < 1.29 is 4.79 Å². The van der Waals surface area contributed by atoms with Crippen molar-refractivity contribution in [2.75, 3.05) is 6.54 Å². The molecule has 0 spiro atoms. The van der Waals surface area contributed by atoms with Crippen LogP contribution in [0.25, 0.3) is 5.65 Å².